The molecule has 1 heterocycles. The van der Waals surface area contributed by atoms with Crippen molar-refractivity contribution in [3.8, 4) is 11.5 Å². The Bertz CT molecular complexity index is 934. The van der Waals surface area contributed by atoms with Crippen LogP contribution in [0.5, 0.6) is 11.5 Å². The predicted octanol–water partition coefficient (Wildman–Crippen LogP) is 5.03. The molecule has 0 bridgehead atoms. The SMILES string of the molecule is CC1=C(CCc2ccc3c(c2)OCO3)C=C(c2cccc(C)c2)CC1=O. The van der Waals surface area contributed by atoms with E-state index in [1.807, 2.05) is 25.1 Å². The van der Waals surface area contributed by atoms with E-state index >= 15 is 0 Å². The summed E-state index contributed by atoms with van der Waals surface area (Å²) in [5.74, 6) is 1.84. The highest BCUT2D eigenvalue weighted by atomic mass is 16.7. The van der Waals surface area contributed by atoms with Crippen molar-refractivity contribution in [2.24, 2.45) is 0 Å². The molecule has 2 aromatic rings. The Morgan fingerprint density at radius 3 is 2.65 bits per heavy atom. The zero-order valence-electron chi connectivity index (χ0n) is 15.2. The Morgan fingerprint density at radius 1 is 0.962 bits per heavy atom. The molecule has 0 fully saturated rings. The normalized spacial score (nSPS) is 16.1. The van der Waals surface area contributed by atoms with Gasteiger partial charge in [-0.1, -0.05) is 42.0 Å². The lowest BCUT2D eigenvalue weighted by Crippen LogP contribution is -2.09. The van der Waals surface area contributed by atoms with Crippen molar-refractivity contribution in [3.63, 3.8) is 0 Å². The third kappa shape index (κ3) is 3.30. The maximum Gasteiger partial charge on any atom is 0.231 e. The van der Waals surface area contributed by atoms with Crippen LogP contribution >= 0.6 is 0 Å². The molecule has 0 spiro atoms. The molecule has 2 aliphatic rings. The van der Waals surface area contributed by atoms with Gasteiger partial charge in [0.25, 0.3) is 0 Å². The second kappa shape index (κ2) is 6.83. The van der Waals surface area contributed by atoms with Gasteiger partial charge in [0.15, 0.2) is 17.3 Å². The van der Waals surface area contributed by atoms with Crippen molar-refractivity contribution >= 4 is 11.4 Å². The highest BCUT2D eigenvalue weighted by Crippen LogP contribution is 2.34. The van der Waals surface area contributed by atoms with Crippen LogP contribution in [-0.2, 0) is 11.2 Å². The number of hydrogen-bond acceptors (Lipinski definition) is 3. The van der Waals surface area contributed by atoms with Gasteiger partial charge >= 0.3 is 0 Å². The molecule has 4 rings (SSSR count). The molecule has 0 radical (unpaired) electrons. The summed E-state index contributed by atoms with van der Waals surface area (Å²) < 4.78 is 10.8. The number of carbonyl (C=O) groups is 1. The number of hydrogen-bond donors (Lipinski definition) is 0. The van der Waals surface area contributed by atoms with Gasteiger partial charge in [-0.05, 0) is 66.7 Å². The molecule has 0 unspecified atom stereocenters. The minimum absolute atomic E-state index is 0.227. The van der Waals surface area contributed by atoms with Gasteiger partial charge in [0.05, 0.1) is 0 Å². The number of ether oxygens (including phenoxy) is 2. The number of rotatable bonds is 4. The van der Waals surface area contributed by atoms with Crippen LogP contribution in [0.3, 0.4) is 0 Å². The molecule has 0 atom stereocenters. The van der Waals surface area contributed by atoms with Crippen LogP contribution in [0.15, 0.2) is 59.7 Å². The molecule has 0 aromatic heterocycles. The van der Waals surface area contributed by atoms with Crippen LogP contribution in [0.25, 0.3) is 5.57 Å². The van der Waals surface area contributed by atoms with E-state index in [2.05, 4.69) is 37.3 Å². The maximum absolute atomic E-state index is 12.5. The molecular formula is C23H22O3. The quantitative estimate of drug-likeness (QED) is 0.779. The molecule has 0 saturated carbocycles. The summed E-state index contributed by atoms with van der Waals surface area (Å²) >= 11 is 0. The molecule has 132 valence electrons. The van der Waals surface area contributed by atoms with Crippen LogP contribution in [0.4, 0.5) is 0 Å². The van der Waals surface area contributed by atoms with Gasteiger partial charge in [0.2, 0.25) is 6.79 Å². The average Bonchev–Trinajstić information content (AvgIpc) is 3.10. The molecule has 3 heteroatoms. The van der Waals surface area contributed by atoms with Crippen LogP contribution < -0.4 is 9.47 Å². The average molecular weight is 346 g/mol. The Balaban J connectivity index is 1.56. The van der Waals surface area contributed by atoms with E-state index in [0.717, 1.165) is 46.6 Å². The summed E-state index contributed by atoms with van der Waals surface area (Å²) in [5, 5.41) is 0. The number of carbonyl (C=O) groups excluding carboxylic acids is 1. The fourth-order valence-electron chi connectivity index (χ4n) is 3.52. The first-order valence-electron chi connectivity index (χ1n) is 8.99. The smallest absolute Gasteiger partial charge is 0.231 e. The lowest BCUT2D eigenvalue weighted by atomic mass is 9.86. The van der Waals surface area contributed by atoms with E-state index in [1.54, 1.807) is 0 Å². The van der Waals surface area contributed by atoms with Crippen LogP contribution in [0.1, 0.15) is 36.5 Å². The molecule has 26 heavy (non-hydrogen) atoms. The first-order chi connectivity index (χ1) is 12.6. The summed E-state index contributed by atoms with van der Waals surface area (Å²) in [6.45, 7) is 4.32. The Kier molecular flexibility index (Phi) is 4.37. The summed E-state index contributed by atoms with van der Waals surface area (Å²) in [6.07, 6.45) is 4.40. The van der Waals surface area contributed by atoms with Gasteiger partial charge in [-0.3, -0.25) is 4.79 Å². The minimum atomic E-state index is 0.227. The standard InChI is InChI=1S/C23H22O3/c1-15-4-3-5-19(10-15)20-12-18(16(2)21(24)13-20)8-6-17-7-9-22-23(11-17)26-14-25-22/h3-5,7,9-12H,6,8,13-14H2,1-2H3. The van der Waals surface area contributed by atoms with E-state index < -0.39 is 0 Å². The van der Waals surface area contributed by atoms with E-state index in [-0.39, 0.29) is 5.78 Å². The Hall–Kier alpha value is -2.81. The van der Waals surface area contributed by atoms with Crippen molar-refractivity contribution in [1.29, 1.82) is 0 Å². The number of Topliss-reactive ketones (excluding diaryl/α,β-unsaturated/α-hetero) is 1. The number of allylic oxidation sites excluding steroid dienone is 4. The molecule has 2 aromatic carbocycles. The number of aryl methyl sites for hydroxylation is 2. The van der Waals surface area contributed by atoms with E-state index in [4.69, 9.17) is 9.47 Å². The summed E-state index contributed by atoms with van der Waals surface area (Å²) in [6, 6.07) is 14.4. The Labute approximate surface area is 154 Å². The summed E-state index contributed by atoms with van der Waals surface area (Å²) in [5.41, 5.74) is 6.69. The zero-order chi connectivity index (χ0) is 18.1. The molecule has 0 saturated heterocycles. The summed E-state index contributed by atoms with van der Waals surface area (Å²) in [7, 11) is 0. The van der Waals surface area contributed by atoms with Crippen molar-refractivity contribution in [1.82, 2.24) is 0 Å². The van der Waals surface area contributed by atoms with Crippen LogP contribution in [-0.4, -0.2) is 12.6 Å². The molecular weight excluding hydrogens is 324 g/mol. The highest BCUT2D eigenvalue weighted by Gasteiger charge is 2.19. The van der Waals surface area contributed by atoms with Gasteiger partial charge in [0.1, 0.15) is 0 Å². The van der Waals surface area contributed by atoms with Gasteiger partial charge < -0.3 is 9.47 Å². The third-order valence-electron chi connectivity index (χ3n) is 5.11. The van der Waals surface area contributed by atoms with Crippen molar-refractivity contribution in [3.05, 3.63) is 76.4 Å². The lowest BCUT2D eigenvalue weighted by molar-refractivity contribution is -0.114. The van der Waals surface area contributed by atoms with Crippen LogP contribution in [0.2, 0.25) is 0 Å². The highest BCUT2D eigenvalue weighted by molar-refractivity contribution is 6.05. The fourth-order valence-corrected chi connectivity index (χ4v) is 3.52. The predicted molar refractivity (Wildman–Crippen MR) is 102 cm³/mol. The first-order valence-corrected chi connectivity index (χ1v) is 8.99. The van der Waals surface area contributed by atoms with Gasteiger partial charge in [-0.15, -0.1) is 0 Å². The topological polar surface area (TPSA) is 35.5 Å². The number of fused-ring (bicyclic) bond motifs is 1. The van der Waals surface area contributed by atoms with Gasteiger partial charge in [0, 0.05) is 6.42 Å². The first kappa shape index (κ1) is 16.6. The molecule has 1 aliphatic carbocycles. The van der Waals surface area contributed by atoms with Crippen LogP contribution in [0, 0.1) is 6.92 Å². The van der Waals surface area contributed by atoms with Crippen molar-refractivity contribution in [2.45, 2.75) is 33.1 Å². The second-order valence-electron chi connectivity index (χ2n) is 6.98. The largest absolute Gasteiger partial charge is 0.454 e. The molecule has 0 N–H and O–H groups in total. The third-order valence-corrected chi connectivity index (χ3v) is 5.11. The van der Waals surface area contributed by atoms with Gasteiger partial charge in [-0.25, -0.2) is 0 Å². The number of benzene rings is 2. The Morgan fingerprint density at radius 2 is 1.81 bits per heavy atom. The minimum Gasteiger partial charge on any atom is -0.454 e. The second-order valence-corrected chi connectivity index (χ2v) is 6.98. The van der Waals surface area contributed by atoms with E-state index in [0.29, 0.717) is 13.2 Å². The number of ketones is 1. The van der Waals surface area contributed by atoms with E-state index in [1.165, 1.54) is 11.1 Å². The van der Waals surface area contributed by atoms with Crippen molar-refractivity contribution in [2.75, 3.05) is 6.79 Å². The lowest BCUT2D eigenvalue weighted by Gasteiger charge is -2.18. The van der Waals surface area contributed by atoms with Gasteiger partial charge in [-0.2, -0.15) is 0 Å². The molecule has 3 nitrogen and oxygen atoms in total. The zero-order valence-corrected chi connectivity index (χ0v) is 15.2. The maximum atomic E-state index is 12.5. The summed E-state index contributed by atoms with van der Waals surface area (Å²) in [4.78, 5) is 12.5. The van der Waals surface area contributed by atoms with Crippen molar-refractivity contribution < 1.29 is 14.3 Å². The fraction of sp³-hybridized carbons (Fsp3) is 0.261. The molecule has 0 amide bonds. The monoisotopic (exact) mass is 346 g/mol. The van der Waals surface area contributed by atoms with E-state index in [9.17, 15) is 4.79 Å². The molecule has 1 aliphatic heterocycles.